The summed E-state index contributed by atoms with van der Waals surface area (Å²) in [7, 11) is 0. The molecule has 6 nitrogen and oxygen atoms in total. The molecular formula is C24H21BrF4N4O2. The van der Waals surface area contributed by atoms with Crippen molar-refractivity contribution in [3.8, 4) is 0 Å². The summed E-state index contributed by atoms with van der Waals surface area (Å²) in [4.78, 5) is 28.3. The third-order valence-corrected chi connectivity index (χ3v) is 6.78. The maximum absolute atomic E-state index is 15.1. The number of benzene rings is 1. The normalized spacial score (nSPS) is 20.4. The molecule has 0 saturated carbocycles. The highest BCUT2D eigenvalue weighted by molar-refractivity contribution is 9.12. The standard InChI is InChI=1S/C24H21BrF4N4O2/c1-13-16(5-3-10-32(13)23(35)19(25)20(30)24(27,28)29)15-6-7-17(18(26)12-15)22(34)33-11-8-14-4-2-9-31-21(14)33/h2-7,10,12-13,31H,8-9,11,30H2,1H3/b20-19+. The smallest absolute Gasteiger partial charge is 0.394 e. The number of nitrogens with zero attached hydrogens (tertiary/aromatic N) is 2. The van der Waals surface area contributed by atoms with Crippen molar-refractivity contribution >= 4 is 33.3 Å². The fourth-order valence-corrected chi connectivity index (χ4v) is 4.60. The molecule has 35 heavy (non-hydrogen) atoms. The van der Waals surface area contributed by atoms with Gasteiger partial charge in [0.05, 0.1) is 11.6 Å². The van der Waals surface area contributed by atoms with Crippen LogP contribution in [0.4, 0.5) is 17.6 Å². The molecule has 0 aromatic heterocycles. The van der Waals surface area contributed by atoms with E-state index in [9.17, 15) is 22.8 Å². The van der Waals surface area contributed by atoms with Crippen LogP contribution in [-0.4, -0.2) is 46.9 Å². The average Bonchev–Trinajstić information content (AvgIpc) is 3.26. The summed E-state index contributed by atoms with van der Waals surface area (Å²) < 4.78 is 53.0. The first-order valence-corrected chi connectivity index (χ1v) is 11.5. The third kappa shape index (κ3) is 4.64. The quantitative estimate of drug-likeness (QED) is 0.433. The molecule has 3 aliphatic heterocycles. The second-order valence-electron chi connectivity index (χ2n) is 8.14. The lowest BCUT2D eigenvalue weighted by atomic mass is 9.94. The molecule has 4 rings (SSSR count). The molecule has 0 bridgehead atoms. The number of alkyl halides is 3. The van der Waals surface area contributed by atoms with Crippen LogP contribution in [-0.2, 0) is 4.79 Å². The fourth-order valence-electron chi connectivity index (χ4n) is 4.17. The van der Waals surface area contributed by atoms with Crippen molar-refractivity contribution in [3.63, 3.8) is 0 Å². The Bertz CT molecular complexity index is 1250. The first kappa shape index (κ1) is 24.8. The van der Waals surface area contributed by atoms with Crippen molar-refractivity contribution in [3.05, 3.63) is 87.2 Å². The number of nitrogens with two attached hydrogens (primary N) is 1. The van der Waals surface area contributed by atoms with Crippen LogP contribution in [0.5, 0.6) is 0 Å². The van der Waals surface area contributed by atoms with Gasteiger partial charge in [-0.05, 0) is 64.2 Å². The molecule has 0 spiro atoms. The molecule has 1 aromatic carbocycles. The van der Waals surface area contributed by atoms with Crippen molar-refractivity contribution in [1.29, 1.82) is 0 Å². The molecule has 11 heteroatoms. The van der Waals surface area contributed by atoms with Gasteiger partial charge in [0.25, 0.3) is 11.8 Å². The molecule has 1 unspecified atom stereocenters. The van der Waals surface area contributed by atoms with Crippen LogP contribution in [0.1, 0.15) is 29.3 Å². The van der Waals surface area contributed by atoms with Gasteiger partial charge in [-0.3, -0.25) is 14.5 Å². The Labute approximate surface area is 207 Å². The predicted octanol–water partition coefficient (Wildman–Crippen LogP) is 4.30. The van der Waals surface area contributed by atoms with E-state index in [1.54, 1.807) is 19.1 Å². The lowest BCUT2D eigenvalue weighted by Crippen LogP contribution is -2.38. The lowest BCUT2D eigenvalue weighted by Gasteiger charge is -2.31. The maximum Gasteiger partial charge on any atom is 0.432 e. The van der Waals surface area contributed by atoms with Gasteiger partial charge in [0.2, 0.25) is 0 Å². The molecule has 3 N–H and O–H groups in total. The van der Waals surface area contributed by atoms with Crippen LogP contribution in [0, 0.1) is 5.82 Å². The summed E-state index contributed by atoms with van der Waals surface area (Å²) in [5.74, 6) is -1.52. The van der Waals surface area contributed by atoms with Gasteiger partial charge in [-0.25, -0.2) is 4.39 Å². The Balaban J connectivity index is 1.57. The van der Waals surface area contributed by atoms with Crippen molar-refractivity contribution in [2.24, 2.45) is 5.73 Å². The van der Waals surface area contributed by atoms with Crippen LogP contribution in [0.3, 0.4) is 0 Å². The summed E-state index contributed by atoms with van der Waals surface area (Å²) in [6, 6.07) is 3.38. The highest BCUT2D eigenvalue weighted by atomic mass is 79.9. The van der Waals surface area contributed by atoms with Crippen molar-refractivity contribution in [2.45, 2.75) is 25.6 Å². The second kappa shape index (κ2) is 9.37. The Kier molecular flexibility index (Phi) is 6.63. The van der Waals surface area contributed by atoms with E-state index in [0.717, 1.165) is 10.5 Å². The Morgan fingerprint density at radius 2 is 2.00 bits per heavy atom. The zero-order valence-corrected chi connectivity index (χ0v) is 20.1. The van der Waals surface area contributed by atoms with Gasteiger partial charge in [-0.2, -0.15) is 13.2 Å². The number of hydrogen-bond acceptors (Lipinski definition) is 4. The molecule has 1 atom stereocenters. The van der Waals surface area contributed by atoms with E-state index < -0.39 is 40.0 Å². The highest BCUT2D eigenvalue weighted by Crippen LogP contribution is 2.33. The zero-order valence-electron chi connectivity index (χ0n) is 18.5. The fraction of sp³-hybridized carbons (Fsp3) is 0.250. The number of carbonyl (C=O) groups is 2. The van der Waals surface area contributed by atoms with E-state index in [1.165, 1.54) is 29.3 Å². The Morgan fingerprint density at radius 3 is 2.69 bits per heavy atom. The van der Waals surface area contributed by atoms with Crippen LogP contribution >= 0.6 is 15.9 Å². The predicted molar refractivity (Wildman–Crippen MR) is 126 cm³/mol. The lowest BCUT2D eigenvalue weighted by molar-refractivity contribution is -0.126. The molecule has 184 valence electrons. The van der Waals surface area contributed by atoms with Crippen LogP contribution in [0.2, 0.25) is 0 Å². The number of dihydropyridines is 1. The van der Waals surface area contributed by atoms with Gasteiger partial charge in [0, 0.05) is 19.3 Å². The van der Waals surface area contributed by atoms with Crippen LogP contribution < -0.4 is 11.1 Å². The Hall–Kier alpha value is -3.34. The summed E-state index contributed by atoms with van der Waals surface area (Å²) in [5, 5.41) is 3.15. The summed E-state index contributed by atoms with van der Waals surface area (Å²) in [6.45, 7) is 2.61. The van der Waals surface area contributed by atoms with Gasteiger partial charge in [0.1, 0.15) is 21.8 Å². The molecule has 0 radical (unpaired) electrons. The number of hydrogen-bond donors (Lipinski definition) is 2. The van der Waals surface area contributed by atoms with Gasteiger partial charge in [-0.1, -0.05) is 24.3 Å². The molecule has 0 saturated heterocycles. The minimum absolute atomic E-state index is 0.102. The number of nitrogens with one attached hydrogen (secondary N) is 1. The topological polar surface area (TPSA) is 78.7 Å². The maximum atomic E-state index is 15.1. The molecule has 0 fully saturated rings. The minimum atomic E-state index is -4.88. The number of carbonyl (C=O) groups excluding carboxylic acids is 2. The minimum Gasteiger partial charge on any atom is -0.394 e. The number of amides is 2. The van der Waals surface area contributed by atoms with E-state index in [4.69, 9.17) is 5.73 Å². The van der Waals surface area contributed by atoms with Crippen molar-refractivity contribution < 1.29 is 27.2 Å². The SMILES string of the molecule is CC1C(c2ccc(C(=O)N3CCC4=C3NCC=C4)c(F)c2)=CC=CN1C(=O)/C(Br)=C(\N)C(F)(F)F. The van der Waals surface area contributed by atoms with E-state index in [0.29, 0.717) is 36.5 Å². The summed E-state index contributed by atoms with van der Waals surface area (Å²) >= 11 is 2.65. The first-order chi connectivity index (χ1) is 16.5. The third-order valence-electron chi connectivity index (χ3n) is 6.02. The highest BCUT2D eigenvalue weighted by Gasteiger charge is 2.38. The largest absolute Gasteiger partial charge is 0.432 e. The molecule has 2 amide bonds. The zero-order chi connectivity index (χ0) is 25.5. The van der Waals surface area contributed by atoms with E-state index >= 15 is 4.39 Å². The second-order valence-corrected chi connectivity index (χ2v) is 8.93. The summed E-state index contributed by atoms with van der Waals surface area (Å²) in [5.41, 5.74) is 5.29. The Morgan fingerprint density at radius 1 is 1.26 bits per heavy atom. The van der Waals surface area contributed by atoms with Crippen molar-refractivity contribution in [1.82, 2.24) is 15.1 Å². The molecular weight excluding hydrogens is 532 g/mol. The van der Waals surface area contributed by atoms with Gasteiger partial charge in [-0.15, -0.1) is 0 Å². The van der Waals surface area contributed by atoms with Crippen LogP contribution in [0.15, 0.2) is 70.3 Å². The monoisotopic (exact) mass is 552 g/mol. The number of halogens is 5. The number of rotatable bonds is 3. The van der Waals surface area contributed by atoms with Gasteiger partial charge < -0.3 is 16.0 Å². The molecule has 0 aliphatic carbocycles. The van der Waals surface area contributed by atoms with Gasteiger partial charge >= 0.3 is 6.18 Å². The van der Waals surface area contributed by atoms with Crippen molar-refractivity contribution in [2.75, 3.05) is 13.1 Å². The van der Waals surface area contributed by atoms with Crippen LogP contribution in [0.25, 0.3) is 5.57 Å². The average molecular weight is 553 g/mol. The van der Waals surface area contributed by atoms with E-state index in [-0.39, 0.29) is 5.56 Å². The molecule has 3 aliphatic rings. The van der Waals surface area contributed by atoms with Gasteiger partial charge in [0.15, 0.2) is 0 Å². The van der Waals surface area contributed by atoms with E-state index in [2.05, 4.69) is 21.2 Å². The number of allylic oxidation sites excluding steroid dienone is 4. The first-order valence-electron chi connectivity index (χ1n) is 10.7. The summed E-state index contributed by atoms with van der Waals surface area (Å²) in [6.07, 6.45) is 4.12. The molecule has 3 heterocycles. The van der Waals surface area contributed by atoms with E-state index in [1.807, 2.05) is 12.2 Å². The molecule has 1 aromatic rings.